The normalized spacial score (nSPS) is 13.2. The van der Waals surface area contributed by atoms with Crippen LogP contribution in [0.3, 0.4) is 0 Å². The van der Waals surface area contributed by atoms with Crippen molar-refractivity contribution in [3.8, 4) is 0 Å². The summed E-state index contributed by atoms with van der Waals surface area (Å²) in [6.07, 6.45) is -1.11. The van der Waals surface area contributed by atoms with Crippen molar-refractivity contribution in [2.75, 3.05) is 26.4 Å². The highest BCUT2D eigenvalue weighted by molar-refractivity contribution is 5.67. The highest BCUT2D eigenvalue weighted by Crippen LogP contribution is 2.23. The molecular weight excluding hydrogens is 238 g/mol. The Balaban J connectivity index is 4.87. The summed E-state index contributed by atoms with van der Waals surface area (Å²) in [5.41, 5.74) is 0. The molecule has 0 aromatic carbocycles. The number of hydrogen-bond donors (Lipinski definition) is 1. The van der Waals surface area contributed by atoms with Crippen molar-refractivity contribution in [2.24, 2.45) is 0 Å². The standard InChI is InChI=1S/C12H25NO5/c1-6-13-11(14)18-12(16-8-3,17-9-4)10(5)15-7-2/h10H,6-9H2,1-5H3,(H,13,14). The van der Waals surface area contributed by atoms with Crippen molar-refractivity contribution in [1.29, 1.82) is 0 Å². The van der Waals surface area contributed by atoms with E-state index in [1.807, 2.05) is 6.92 Å². The van der Waals surface area contributed by atoms with Crippen molar-refractivity contribution >= 4 is 6.09 Å². The fraction of sp³-hybridized carbons (Fsp3) is 0.917. The van der Waals surface area contributed by atoms with Crippen LogP contribution >= 0.6 is 0 Å². The molecule has 108 valence electrons. The van der Waals surface area contributed by atoms with Gasteiger partial charge in [0.15, 0.2) is 0 Å². The number of amides is 1. The molecule has 0 aliphatic carbocycles. The molecule has 0 rings (SSSR count). The van der Waals surface area contributed by atoms with E-state index < -0.39 is 18.2 Å². The minimum absolute atomic E-state index is 0.344. The average molecular weight is 263 g/mol. The Bertz CT molecular complexity index is 229. The molecule has 0 heterocycles. The molecule has 0 aliphatic rings. The van der Waals surface area contributed by atoms with Crippen LogP contribution in [0.4, 0.5) is 4.79 Å². The second-order valence-corrected chi connectivity index (χ2v) is 3.49. The van der Waals surface area contributed by atoms with Gasteiger partial charge in [-0.15, -0.1) is 0 Å². The van der Waals surface area contributed by atoms with Crippen molar-refractivity contribution in [2.45, 2.75) is 46.7 Å². The first-order valence-electron chi connectivity index (χ1n) is 6.42. The zero-order valence-corrected chi connectivity index (χ0v) is 11.9. The monoisotopic (exact) mass is 263 g/mol. The fourth-order valence-electron chi connectivity index (χ4n) is 1.48. The predicted octanol–water partition coefficient (Wildman–Crippen LogP) is 1.88. The zero-order valence-electron chi connectivity index (χ0n) is 11.9. The van der Waals surface area contributed by atoms with Gasteiger partial charge in [0, 0.05) is 13.2 Å². The van der Waals surface area contributed by atoms with Crippen LogP contribution in [0.15, 0.2) is 0 Å². The third-order valence-corrected chi connectivity index (χ3v) is 2.16. The van der Waals surface area contributed by atoms with Crippen LogP contribution in [0.1, 0.15) is 34.6 Å². The highest BCUT2D eigenvalue weighted by atomic mass is 16.9. The summed E-state index contributed by atoms with van der Waals surface area (Å²) >= 11 is 0. The number of rotatable bonds is 9. The minimum atomic E-state index is -1.50. The van der Waals surface area contributed by atoms with Crippen molar-refractivity contribution < 1.29 is 23.7 Å². The smallest absolute Gasteiger partial charge is 0.389 e. The predicted molar refractivity (Wildman–Crippen MR) is 67.2 cm³/mol. The van der Waals surface area contributed by atoms with Gasteiger partial charge >= 0.3 is 12.1 Å². The van der Waals surface area contributed by atoms with E-state index in [9.17, 15) is 4.79 Å². The molecule has 0 aromatic heterocycles. The second-order valence-electron chi connectivity index (χ2n) is 3.49. The number of ether oxygens (including phenoxy) is 4. The molecule has 0 saturated heterocycles. The lowest BCUT2D eigenvalue weighted by molar-refractivity contribution is -0.390. The summed E-state index contributed by atoms with van der Waals surface area (Å²) < 4.78 is 21.6. The SMILES string of the molecule is CCNC(=O)OC(OCC)(OCC)C(C)OCC. The largest absolute Gasteiger partial charge is 0.411 e. The van der Waals surface area contributed by atoms with E-state index in [2.05, 4.69) is 5.32 Å². The number of hydrogen-bond acceptors (Lipinski definition) is 5. The van der Waals surface area contributed by atoms with Crippen molar-refractivity contribution in [1.82, 2.24) is 5.32 Å². The van der Waals surface area contributed by atoms with Crippen LogP contribution in [0.25, 0.3) is 0 Å². The van der Waals surface area contributed by atoms with E-state index in [0.717, 1.165) is 0 Å². The Morgan fingerprint density at radius 2 is 1.67 bits per heavy atom. The molecule has 0 spiro atoms. The van der Waals surface area contributed by atoms with Gasteiger partial charge in [0.05, 0.1) is 13.2 Å². The number of nitrogens with one attached hydrogen (secondary N) is 1. The molecule has 18 heavy (non-hydrogen) atoms. The number of alkyl carbamates (subject to hydrolysis) is 1. The summed E-state index contributed by atoms with van der Waals surface area (Å²) in [5.74, 6) is -1.50. The van der Waals surface area contributed by atoms with Gasteiger partial charge in [-0.25, -0.2) is 4.79 Å². The average Bonchev–Trinajstić information content (AvgIpc) is 2.30. The van der Waals surface area contributed by atoms with Gasteiger partial charge in [-0.2, -0.15) is 0 Å². The van der Waals surface area contributed by atoms with Gasteiger partial charge < -0.3 is 24.3 Å². The third-order valence-electron chi connectivity index (χ3n) is 2.16. The van der Waals surface area contributed by atoms with Gasteiger partial charge in [-0.1, -0.05) is 0 Å². The first kappa shape index (κ1) is 17.2. The molecule has 1 amide bonds. The van der Waals surface area contributed by atoms with E-state index in [4.69, 9.17) is 18.9 Å². The lowest BCUT2D eigenvalue weighted by Crippen LogP contribution is -2.52. The molecule has 1 N–H and O–H groups in total. The molecule has 0 fully saturated rings. The Hall–Kier alpha value is -0.850. The first-order valence-corrected chi connectivity index (χ1v) is 6.42. The summed E-state index contributed by atoms with van der Waals surface area (Å²) in [4.78, 5) is 11.6. The summed E-state index contributed by atoms with van der Waals surface area (Å²) in [6.45, 7) is 10.6. The van der Waals surface area contributed by atoms with Crippen molar-refractivity contribution in [3.05, 3.63) is 0 Å². The van der Waals surface area contributed by atoms with Crippen molar-refractivity contribution in [3.63, 3.8) is 0 Å². The topological polar surface area (TPSA) is 66.0 Å². The molecule has 0 aliphatic heterocycles. The van der Waals surface area contributed by atoms with E-state index in [-0.39, 0.29) is 0 Å². The summed E-state index contributed by atoms with van der Waals surface area (Å²) in [5, 5.41) is 2.54. The van der Waals surface area contributed by atoms with Crippen LogP contribution in [0, 0.1) is 0 Å². The number of carbonyl (C=O) groups is 1. The maximum Gasteiger partial charge on any atom is 0.411 e. The van der Waals surface area contributed by atoms with Crippen LogP contribution < -0.4 is 5.32 Å². The third kappa shape index (κ3) is 5.20. The van der Waals surface area contributed by atoms with E-state index >= 15 is 0 Å². The van der Waals surface area contributed by atoms with Gasteiger partial charge in [-0.05, 0) is 34.6 Å². The molecule has 1 atom stereocenters. The lowest BCUT2D eigenvalue weighted by Gasteiger charge is -2.36. The summed E-state index contributed by atoms with van der Waals surface area (Å²) in [7, 11) is 0. The van der Waals surface area contributed by atoms with Crippen LogP contribution in [-0.4, -0.2) is 44.5 Å². The molecule has 0 saturated carbocycles. The first-order chi connectivity index (χ1) is 8.56. The maximum absolute atomic E-state index is 11.6. The zero-order chi connectivity index (χ0) is 14.0. The Kier molecular flexibility index (Phi) is 8.70. The molecule has 0 aromatic rings. The Labute approximate surface area is 109 Å². The quantitative estimate of drug-likeness (QED) is 0.643. The second kappa shape index (κ2) is 9.13. The number of carbonyl (C=O) groups excluding carboxylic acids is 1. The lowest BCUT2D eigenvalue weighted by atomic mass is 10.3. The molecule has 6 nitrogen and oxygen atoms in total. The molecule has 0 radical (unpaired) electrons. The highest BCUT2D eigenvalue weighted by Gasteiger charge is 2.43. The maximum atomic E-state index is 11.6. The molecule has 1 unspecified atom stereocenters. The summed E-state index contributed by atoms with van der Waals surface area (Å²) in [6, 6.07) is 0. The van der Waals surface area contributed by atoms with Gasteiger partial charge in [0.2, 0.25) is 0 Å². The van der Waals surface area contributed by atoms with Crippen LogP contribution in [-0.2, 0) is 18.9 Å². The molecular formula is C12H25NO5. The molecule has 6 heteroatoms. The van der Waals surface area contributed by atoms with E-state index in [1.165, 1.54) is 0 Å². The fourth-order valence-corrected chi connectivity index (χ4v) is 1.48. The Morgan fingerprint density at radius 1 is 1.11 bits per heavy atom. The van der Waals surface area contributed by atoms with E-state index in [1.54, 1.807) is 27.7 Å². The Morgan fingerprint density at radius 3 is 2.06 bits per heavy atom. The molecule has 0 bridgehead atoms. The van der Waals surface area contributed by atoms with E-state index in [0.29, 0.717) is 26.4 Å². The van der Waals surface area contributed by atoms with Gasteiger partial charge in [0.1, 0.15) is 6.10 Å². The van der Waals surface area contributed by atoms with Crippen LogP contribution in [0.5, 0.6) is 0 Å². The van der Waals surface area contributed by atoms with Crippen LogP contribution in [0.2, 0.25) is 0 Å². The van der Waals surface area contributed by atoms with Gasteiger partial charge in [-0.3, -0.25) is 0 Å². The minimum Gasteiger partial charge on any atom is -0.389 e. The van der Waals surface area contributed by atoms with Gasteiger partial charge in [0.25, 0.3) is 0 Å².